The van der Waals surface area contributed by atoms with Gasteiger partial charge in [0.05, 0.1) is 10.5 Å². The highest BCUT2D eigenvalue weighted by atomic mass is 35.5. The number of fused-ring (bicyclic) bond motifs is 1. The fraction of sp³-hybridized carbons (Fsp3) is 0.476. The lowest BCUT2D eigenvalue weighted by molar-refractivity contribution is 0.0403. The van der Waals surface area contributed by atoms with Crippen molar-refractivity contribution in [3.63, 3.8) is 0 Å². The molecule has 2 heterocycles. The van der Waals surface area contributed by atoms with Crippen LogP contribution in [0.4, 0.5) is 9.18 Å². The van der Waals surface area contributed by atoms with Crippen molar-refractivity contribution >= 4 is 34.5 Å². The number of pyridine rings is 1. The quantitative estimate of drug-likeness (QED) is 0.751. The maximum Gasteiger partial charge on any atom is 0.409 e. The van der Waals surface area contributed by atoms with Gasteiger partial charge in [-0.25, -0.2) is 9.18 Å². The highest BCUT2D eigenvalue weighted by Crippen LogP contribution is 2.41. The van der Waals surface area contributed by atoms with Crippen LogP contribution >= 0.6 is 11.6 Å². The number of benzene rings is 1. The zero-order valence-corrected chi connectivity index (χ0v) is 17.0. The minimum Gasteiger partial charge on any atom is -0.447 e. The molecule has 0 radical (unpaired) electrons. The molecular formula is C21H23ClFN3O3. The molecule has 2 fully saturated rings. The third-order valence-corrected chi connectivity index (χ3v) is 5.78. The third-order valence-electron chi connectivity index (χ3n) is 5.47. The zero-order valence-electron chi connectivity index (χ0n) is 16.2. The van der Waals surface area contributed by atoms with Crippen molar-refractivity contribution in [1.29, 1.82) is 0 Å². The van der Waals surface area contributed by atoms with Crippen LogP contribution in [0.2, 0.25) is 5.02 Å². The van der Waals surface area contributed by atoms with E-state index in [4.69, 9.17) is 21.3 Å². The van der Waals surface area contributed by atoms with Gasteiger partial charge >= 0.3 is 6.09 Å². The Labute approximate surface area is 173 Å². The molecule has 4 rings (SSSR count). The van der Waals surface area contributed by atoms with Crippen LogP contribution in [0.5, 0.6) is 0 Å². The van der Waals surface area contributed by atoms with Crippen LogP contribution in [0.3, 0.4) is 0 Å². The van der Waals surface area contributed by atoms with E-state index in [0.717, 1.165) is 29.4 Å². The van der Waals surface area contributed by atoms with Crippen molar-refractivity contribution in [3.8, 4) is 0 Å². The minimum atomic E-state index is -0.706. The first-order valence-electron chi connectivity index (χ1n) is 9.86. The molecule has 0 N–H and O–H groups in total. The van der Waals surface area contributed by atoms with E-state index >= 15 is 0 Å². The van der Waals surface area contributed by atoms with Crippen LogP contribution < -0.4 is 0 Å². The number of alkyl halides is 1. The Bertz CT molecular complexity index is 950. The Kier molecular flexibility index (Phi) is 5.58. The largest absolute Gasteiger partial charge is 0.447 e. The summed E-state index contributed by atoms with van der Waals surface area (Å²) < 4.78 is 17.0. The lowest BCUT2D eigenvalue weighted by atomic mass is 10.1. The maximum atomic E-state index is 13.1. The fourth-order valence-electron chi connectivity index (χ4n) is 3.73. The van der Waals surface area contributed by atoms with Gasteiger partial charge in [-0.2, -0.15) is 0 Å². The van der Waals surface area contributed by atoms with E-state index in [1.807, 2.05) is 19.1 Å². The second kappa shape index (κ2) is 8.14. The Morgan fingerprint density at radius 3 is 2.76 bits per heavy atom. The number of aromatic nitrogens is 1. The molecule has 0 bridgehead atoms. The molecular weight excluding hydrogens is 397 g/mol. The summed E-state index contributed by atoms with van der Waals surface area (Å²) in [6.45, 7) is 2.02. The van der Waals surface area contributed by atoms with Gasteiger partial charge in [0.1, 0.15) is 13.3 Å². The van der Waals surface area contributed by atoms with E-state index < -0.39 is 12.8 Å². The topological polar surface area (TPSA) is 62.7 Å². The monoisotopic (exact) mass is 419 g/mol. The molecule has 1 aromatic carbocycles. The molecule has 8 heteroatoms. The van der Waals surface area contributed by atoms with E-state index in [2.05, 4.69) is 0 Å². The molecule has 1 saturated carbocycles. The van der Waals surface area contributed by atoms with Crippen molar-refractivity contribution in [3.05, 3.63) is 40.5 Å². The Hall–Kier alpha value is -2.41. The van der Waals surface area contributed by atoms with E-state index in [-0.39, 0.29) is 18.6 Å². The Balaban J connectivity index is 1.50. The van der Waals surface area contributed by atoms with Gasteiger partial charge < -0.3 is 14.5 Å². The zero-order chi connectivity index (χ0) is 20.5. The number of hydrogen-bond donors (Lipinski definition) is 0. The van der Waals surface area contributed by atoms with Gasteiger partial charge in [0, 0.05) is 48.2 Å². The molecule has 29 heavy (non-hydrogen) atoms. The minimum absolute atomic E-state index is 0.106. The molecule has 1 atom stereocenters. The van der Waals surface area contributed by atoms with Gasteiger partial charge in [0.25, 0.3) is 5.91 Å². The van der Waals surface area contributed by atoms with Crippen LogP contribution in [0.25, 0.3) is 10.9 Å². The summed E-state index contributed by atoms with van der Waals surface area (Å²) in [4.78, 5) is 33.0. The molecule has 2 aromatic rings. The molecule has 0 unspecified atom stereocenters. The number of piperazine rings is 1. The molecule has 1 saturated heterocycles. The average molecular weight is 420 g/mol. The van der Waals surface area contributed by atoms with Crippen LogP contribution in [-0.4, -0.2) is 65.7 Å². The predicted molar refractivity (Wildman–Crippen MR) is 108 cm³/mol. The molecule has 1 aromatic heterocycles. The summed E-state index contributed by atoms with van der Waals surface area (Å²) in [7, 11) is 0. The van der Waals surface area contributed by atoms with E-state index in [1.54, 1.807) is 17.0 Å². The number of halogens is 2. The maximum absolute atomic E-state index is 13.1. The molecule has 2 aliphatic rings. The molecule has 154 valence electrons. The Morgan fingerprint density at radius 2 is 2.07 bits per heavy atom. The highest BCUT2D eigenvalue weighted by Gasteiger charge is 2.31. The van der Waals surface area contributed by atoms with Gasteiger partial charge in [-0.3, -0.25) is 9.78 Å². The van der Waals surface area contributed by atoms with E-state index in [0.29, 0.717) is 36.1 Å². The van der Waals surface area contributed by atoms with Crippen molar-refractivity contribution in [2.45, 2.75) is 31.7 Å². The molecule has 1 aliphatic heterocycles. The molecule has 0 spiro atoms. The lowest BCUT2D eigenvalue weighted by Gasteiger charge is -2.39. The van der Waals surface area contributed by atoms with Crippen LogP contribution in [-0.2, 0) is 4.74 Å². The molecule has 1 aliphatic carbocycles. The second-order valence-corrected chi connectivity index (χ2v) is 8.04. The summed E-state index contributed by atoms with van der Waals surface area (Å²) in [5.74, 6) is 0.368. The first kappa shape index (κ1) is 19.9. The van der Waals surface area contributed by atoms with Crippen LogP contribution in [0.1, 0.15) is 41.7 Å². The van der Waals surface area contributed by atoms with E-state index in [1.165, 1.54) is 4.90 Å². The van der Waals surface area contributed by atoms with Crippen LogP contribution in [0.15, 0.2) is 24.3 Å². The summed E-state index contributed by atoms with van der Waals surface area (Å²) in [5.41, 5.74) is 2.27. The SMILES string of the molecule is C[C@H]1CN(C(=O)OCCF)CCN1C(=O)c1ccc2c(Cl)cc(C3CC3)nc2c1. The summed E-state index contributed by atoms with van der Waals surface area (Å²) in [6, 6.07) is 7.14. The normalized spacial score (nSPS) is 19.5. The number of amides is 2. The molecule has 6 nitrogen and oxygen atoms in total. The smallest absolute Gasteiger partial charge is 0.409 e. The summed E-state index contributed by atoms with van der Waals surface area (Å²) >= 11 is 6.41. The first-order valence-corrected chi connectivity index (χ1v) is 10.2. The molecule has 2 amide bonds. The van der Waals surface area contributed by atoms with Crippen molar-refractivity contribution in [2.75, 3.05) is 32.9 Å². The average Bonchev–Trinajstić information content (AvgIpc) is 3.56. The number of nitrogens with zero attached hydrogens (tertiary/aromatic N) is 3. The fourth-order valence-corrected chi connectivity index (χ4v) is 4.01. The van der Waals surface area contributed by atoms with Gasteiger partial charge in [-0.15, -0.1) is 0 Å². The highest BCUT2D eigenvalue weighted by molar-refractivity contribution is 6.35. The number of hydrogen-bond acceptors (Lipinski definition) is 4. The predicted octanol–water partition coefficient (Wildman–Crippen LogP) is 4.02. The van der Waals surface area contributed by atoms with Crippen molar-refractivity contribution < 1.29 is 18.7 Å². The third kappa shape index (κ3) is 4.15. The Morgan fingerprint density at radius 1 is 1.28 bits per heavy atom. The first-order chi connectivity index (χ1) is 14.0. The van der Waals surface area contributed by atoms with Gasteiger partial charge in [0.2, 0.25) is 0 Å². The second-order valence-electron chi connectivity index (χ2n) is 7.63. The van der Waals surface area contributed by atoms with Crippen LogP contribution in [0, 0.1) is 0 Å². The number of ether oxygens (including phenoxy) is 1. The number of carbonyl (C=O) groups is 2. The van der Waals surface area contributed by atoms with Gasteiger partial charge in [-0.05, 0) is 38.0 Å². The summed E-state index contributed by atoms with van der Waals surface area (Å²) in [6.07, 6.45) is 1.71. The van der Waals surface area contributed by atoms with Gasteiger partial charge in [-0.1, -0.05) is 17.7 Å². The van der Waals surface area contributed by atoms with E-state index in [9.17, 15) is 14.0 Å². The number of carbonyl (C=O) groups excluding carboxylic acids is 2. The summed E-state index contributed by atoms with van der Waals surface area (Å²) in [5, 5.41) is 1.49. The van der Waals surface area contributed by atoms with Gasteiger partial charge in [0.15, 0.2) is 0 Å². The van der Waals surface area contributed by atoms with Crippen molar-refractivity contribution in [1.82, 2.24) is 14.8 Å². The lowest BCUT2D eigenvalue weighted by Crippen LogP contribution is -2.55. The standard InChI is InChI=1S/C21H23ClFN3O3/c1-13-12-25(21(28)29-9-6-23)7-8-26(13)20(27)15-4-5-16-17(22)11-18(14-2-3-14)24-19(16)10-15/h4-5,10-11,13-14H,2-3,6-9,12H2,1H3/t13-/m0/s1. The van der Waals surface area contributed by atoms with Crippen molar-refractivity contribution in [2.24, 2.45) is 0 Å². The number of rotatable bonds is 4.